The largest absolute Gasteiger partial charge is 0.493 e. The minimum absolute atomic E-state index is 0.0814. The monoisotopic (exact) mass is 326 g/mol. The Hall–Kier alpha value is -3.02. The van der Waals surface area contributed by atoms with Crippen molar-refractivity contribution in [2.75, 3.05) is 13.2 Å². The van der Waals surface area contributed by atoms with Crippen molar-refractivity contribution in [3.63, 3.8) is 0 Å². The van der Waals surface area contributed by atoms with Crippen molar-refractivity contribution >= 4 is 17.9 Å². The molecule has 6 heteroatoms. The Morgan fingerprint density at radius 2 is 2.12 bits per heavy atom. The number of carbonyl (C=O) groups is 2. The highest BCUT2D eigenvalue weighted by atomic mass is 16.5. The van der Waals surface area contributed by atoms with Gasteiger partial charge in [0.2, 0.25) is 11.8 Å². The molecule has 124 valence electrons. The average molecular weight is 326 g/mol. The third kappa shape index (κ3) is 4.25. The van der Waals surface area contributed by atoms with Gasteiger partial charge < -0.3 is 19.8 Å². The normalized spacial score (nSPS) is 12.7. The molecule has 0 unspecified atom stereocenters. The molecule has 2 aromatic rings. The van der Waals surface area contributed by atoms with Gasteiger partial charge in [-0.3, -0.25) is 9.59 Å². The fraction of sp³-hybridized carbons (Fsp3) is 0.222. The molecule has 0 atom stereocenters. The molecule has 1 aromatic heterocycles. The Bertz CT molecular complexity index is 750. The molecule has 1 aromatic carbocycles. The van der Waals surface area contributed by atoms with Crippen LogP contribution < -0.4 is 15.4 Å². The quantitative estimate of drug-likeness (QED) is 0.791. The zero-order valence-corrected chi connectivity index (χ0v) is 13.1. The van der Waals surface area contributed by atoms with Gasteiger partial charge >= 0.3 is 0 Å². The molecule has 0 saturated carbocycles. The SMILES string of the molecule is O=C(/C=C/c1ccc2c(c1)CCO2)NCC(=O)NCc1ccco1. The van der Waals surface area contributed by atoms with Gasteiger partial charge in [0.1, 0.15) is 11.5 Å². The summed E-state index contributed by atoms with van der Waals surface area (Å²) in [6.45, 7) is 0.923. The van der Waals surface area contributed by atoms with Crippen LogP contribution in [0.25, 0.3) is 6.08 Å². The lowest BCUT2D eigenvalue weighted by molar-refractivity contribution is -0.124. The van der Waals surface area contributed by atoms with E-state index in [0.717, 1.165) is 23.3 Å². The highest BCUT2D eigenvalue weighted by Crippen LogP contribution is 2.26. The third-order valence-electron chi connectivity index (χ3n) is 3.60. The summed E-state index contributed by atoms with van der Waals surface area (Å²) in [6, 6.07) is 9.32. The van der Waals surface area contributed by atoms with Gasteiger partial charge in [0.05, 0.1) is 26.0 Å². The fourth-order valence-corrected chi connectivity index (χ4v) is 2.37. The lowest BCUT2D eigenvalue weighted by Crippen LogP contribution is -2.35. The van der Waals surface area contributed by atoms with E-state index in [1.165, 1.54) is 6.08 Å². The Kier molecular flexibility index (Phi) is 4.96. The van der Waals surface area contributed by atoms with Gasteiger partial charge in [-0.15, -0.1) is 0 Å². The summed E-state index contributed by atoms with van der Waals surface area (Å²) in [6.07, 6.45) is 5.56. The van der Waals surface area contributed by atoms with E-state index in [0.29, 0.717) is 18.9 Å². The van der Waals surface area contributed by atoms with Crippen LogP contribution in [0.1, 0.15) is 16.9 Å². The number of ether oxygens (including phenoxy) is 1. The van der Waals surface area contributed by atoms with E-state index in [4.69, 9.17) is 9.15 Å². The van der Waals surface area contributed by atoms with Crippen molar-refractivity contribution in [3.8, 4) is 5.75 Å². The molecule has 6 nitrogen and oxygen atoms in total. The van der Waals surface area contributed by atoms with E-state index in [1.54, 1.807) is 24.5 Å². The van der Waals surface area contributed by atoms with Crippen LogP contribution >= 0.6 is 0 Å². The van der Waals surface area contributed by atoms with E-state index in [1.807, 2.05) is 18.2 Å². The molecular weight excluding hydrogens is 308 g/mol. The van der Waals surface area contributed by atoms with Gasteiger partial charge in [-0.2, -0.15) is 0 Å². The molecule has 2 heterocycles. The van der Waals surface area contributed by atoms with Crippen molar-refractivity contribution in [1.29, 1.82) is 0 Å². The van der Waals surface area contributed by atoms with Crippen LogP contribution in [0.3, 0.4) is 0 Å². The molecule has 0 radical (unpaired) electrons. The molecule has 0 spiro atoms. The summed E-state index contributed by atoms with van der Waals surface area (Å²) in [5.41, 5.74) is 2.08. The summed E-state index contributed by atoms with van der Waals surface area (Å²) in [5, 5.41) is 5.20. The lowest BCUT2D eigenvalue weighted by Gasteiger charge is -2.04. The Morgan fingerprint density at radius 3 is 2.96 bits per heavy atom. The molecule has 24 heavy (non-hydrogen) atoms. The summed E-state index contributed by atoms with van der Waals surface area (Å²) in [4.78, 5) is 23.4. The van der Waals surface area contributed by atoms with Gasteiger partial charge in [-0.1, -0.05) is 6.07 Å². The number of furan rings is 1. The van der Waals surface area contributed by atoms with E-state index < -0.39 is 0 Å². The Labute approximate surface area is 139 Å². The van der Waals surface area contributed by atoms with Gasteiger partial charge in [0.25, 0.3) is 0 Å². The maximum Gasteiger partial charge on any atom is 0.244 e. The molecule has 1 aliphatic rings. The van der Waals surface area contributed by atoms with Crippen molar-refractivity contribution in [3.05, 3.63) is 59.6 Å². The smallest absolute Gasteiger partial charge is 0.244 e. The Balaban J connectivity index is 1.42. The first-order chi connectivity index (χ1) is 11.7. The standard InChI is InChI=1S/C18H18N2O4/c21-17(20-12-18(22)19-11-15-2-1-8-23-15)6-4-13-3-5-16-14(10-13)7-9-24-16/h1-6,8,10H,7,9,11-12H2,(H,19,22)(H,20,21)/b6-4+. The average Bonchev–Trinajstić information content (AvgIpc) is 3.26. The van der Waals surface area contributed by atoms with Crippen molar-refractivity contribution < 1.29 is 18.7 Å². The van der Waals surface area contributed by atoms with E-state index >= 15 is 0 Å². The van der Waals surface area contributed by atoms with E-state index in [9.17, 15) is 9.59 Å². The summed E-state index contributed by atoms with van der Waals surface area (Å²) in [7, 11) is 0. The second-order valence-electron chi connectivity index (χ2n) is 5.37. The number of benzene rings is 1. The van der Waals surface area contributed by atoms with Gasteiger partial charge in [-0.25, -0.2) is 0 Å². The zero-order valence-electron chi connectivity index (χ0n) is 13.1. The van der Waals surface area contributed by atoms with Crippen LogP contribution in [-0.4, -0.2) is 25.0 Å². The van der Waals surface area contributed by atoms with Crippen LogP contribution in [-0.2, 0) is 22.6 Å². The second kappa shape index (κ2) is 7.50. The van der Waals surface area contributed by atoms with E-state index in [-0.39, 0.29) is 18.4 Å². The lowest BCUT2D eigenvalue weighted by atomic mass is 10.1. The van der Waals surface area contributed by atoms with Crippen LogP contribution in [0, 0.1) is 0 Å². The molecule has 2 amide bonds. The van der Waals surface area contributed by atoms with Gasteiger partial charge in [-0.05, 0) is 41.5 Å². The zero-order chi connectivity index (χ0) is 16.8. The fourth-order valence-electron chi connectivity index (χ4n) is 2.37. The van der Waals surface area contributed by atoms with Crippen molar-refractivity contribution in [2.45, 2.75) is 13.0 Å². The topological polar surface area (TPSA) is 80.6 Å². The molecule has 0 aliphatic carbocycles. The first kappa shape index (κ1) is 15.9. The third-order valence-corrected chi connectivity index (χ3v) is 3.60. The number of hydrogen-bond donors (Lipinski definition) is 2. The predicted octanol–water partition coefficient (Wildman–Crippen LogP) is 1.66. The number of rotatable bonds is 6. The summed E-state index contributed by atoms with van der Waals surface area (Å²) >= 11 is 0. The van der Waals surface area contributed by atoms with Gasteiger partial charge in [0.15, 0.2) is 0 Å². The number of fused-ring (bicyclic) bond motifs is 1. The minimum Gasteiger partial charge on any atom is -0.493 e. The van der Waals surface area contributed by atoms with Crippen molar-refractivity contribution in [1.82, 2.24) is 10.6 Å². The molecule has 0 fully saturated rings. The predicted molar refractivity (Wildman–Crippen MR) is 88.2 cm³/mol. The van der Waals surface area contributed by atoms with Crippen LogP contribution in [0.2, 0.25) is 0 Å². The molecule has 2 N–H and O–H groups in total. The maximum absolute atomic E-state index is 11.8. The number of amides is 2. The summed E-state index contributed by atoms with van der Waals surface area (Å²) < 4.78 is 10.5. The van der Waals surface area contributed by atoms with E-state index in [2.05, 4.69) is 10.6 Å². The number of hydrogen-bond acceptors (Lipinski definition) is 4. The molecular formula is C18H18N2O4. The highest BCUT2D eigenvalue weighted by molar-refractivity contribution is 5.94. The molecule has 0 bridgehead atoms. The van der Waals surface area contributed by atoms with Crippen LogP contribution in [0.15, 0.2) is 47.1 Å². The molecule has 3 rings (SSSR count). The number of carbonyl (C=O) groups excluding carboxylic acids is 2. The van der Waals surface area contributed by atoms with Gasteiger partial charge in [0, 0.05) is 12.5 Å². The first-order valence-electron chi connectivity index (χ1n) is 7.71. The molecule has 1 aliphatic heterocycles. The second-order valence-corrected chi connectivity index (χ2v) is 5.37. The van der Waals surface area contributed by atoms with Crippen LogP contribution in [0.4, 0.5) is 0 Å². The number of nitrogens with one attached hydrogen (secondary N) is 2. The van der Waals surface area contributed by atoms with Crippen molar-refractivity contribution in [2.24, 2.45) is 0 Å². The highest BCUT2D eigenvalue weighted by Gasteiger charge is 2.11. The minimum atomic E-state index is -0.320. The Morgan fingerprint density at radius 1 is 1.21 bits per heavy atom. The summed E-state index contributed by atoms with van der Waals surface area (Å²) in [5.74, 6) is 0.975. The molecule has 0 saturated heterocycles. The van der Waals surface area contributed by atoms with Crippen LogP contribution in [0.5, 0.6) is 5.75 Å². The first-order valence-corrected chi connectivity index (χ1v) is 7.71. The maximum atomic E-state index is 11.8.